The molecule has 9 heteroatoms. The number of hydrogen-bond donors (Lipinski definition) is 2. The highest BCUT2D eigenvalue weighted by Gasteiger charge is 2.23. The molecular weight excluding hydrogens is 563 g/mol. The lowest BCUT2D eigenvalue weighted by Crippen LogP contribution is -2.45. The highest BCUT2D eigenvalue weighted by Crippen LogP contribution is 2.38. The Kier molecular flexibility index (Phi) is 25.9. The number of aliphatic hydroxyl groups is 1. The molecule has 1 amide bonds. The summed E-state index contributed by atoms with van der Waals surface area (Å²) in [6.07, 6.45) is 30.2. The summed E-state index contributed by atoms with van der Waals surface area (Å²) in [5, 5.41) is 13.5. The monoisotopic (exact) mass is 626 g/mol. The SMILES string of the molecule is CC/C=C\C/C=C\C/C=C\CCCCCC(=O)NC(COP(=O)([O-])OCC[N+](C)(C)C)C(O)/C=C/CCCCCCCC. The van der Waals surface area contributed by atoms with Crippen molar-refractivity contribution in [3.05, 3.63) is 48.6 Å². The minimum Gasteiger partial charge on any atom is -0.756 e. The van der Waals surface area contributed by atoms with E-state index in [9.17, 15) is 19.4 Å². The average Bonchev–Trinajstić information content (AvgIpc) is 2.94. The number of allylic oxidation sites excluding steroid dienone is 7. The van der Waals surface area contributed by atoms with Crippen molar-refractivity contribution in [3.63, 3.8) is 0 Å². The molecule has 0 spiro atoms. The van der Waals surface area contributed by atoms with E-state index >= 15 is 0 Å². The molecule has 0 fully saturated rings. The van der Waals surface area contributed by atoms with Gasteiger partial charge in [0.05, 0.1) is 39.9 Å². The van der Waals surface area contributed by atoms with Gasteiger partial charge in [-0.2, -0.15) is 0 Å². The van der Waals surface area contributed by atoms with Crippen LogP contribution < -0.4 is 10.2 Å². The van der Waals surface area contributed by atoms with Crippen molar-refractivity contribution in [2.75, 3.05) is 40.9 Å². The Morgan fingerprint density at radius 1 is 0.837 bits per heavy atom. The van der Waals surface area contributed by atoms with Crippen LogP contribution in [0.15, 0.2) is 48.6 Å². The second-order valence-electron chi connectivity index (χ2n) is 12.1. The molecule has 3 unspecified atom stereocenters. The number of likely N-dealkylation sites (N-methyl/N-ethyl adjacent to an activating group) is 1. The van der Waals surface area contributed by atoms with Crippen LogP contribution in [0.5, 0.6) is 0 Å². The number of aliphatic hydroxyl groups excluding tert-OH is 1. The van der Waals surface area contributed by atoms with E-state index in [1.807, 2.05) is 27.2 Å². The van der Waals surface area contributed by atoms with Crippen molar-refractivity contribution in [3.8, 4) is 0 Å². The lowest BCUT2D eigenvalue weighted by atomic mass is 10.1. The normalized spacial score (nSPS) is 15.6. The van der Waals surface area contributed by atoms with Crippen molar-refractivity contribution < 1.29 is 32.9 Å². The summed E-state index contributed by atoms with van der Waals surface area (Å²) in [6, 6.07) is -0.897. The van der Waals surface area contributed by atoms with Gasteiger partial charge < -0.3 is 28.8 Å². The van der Waals surface area contributed by atoms with E-state index in [1.165, 1.54) is 25.7 Å². The first-order chi connectivity index (χ1) is 20.5. The summed E-state index contributed by atoms with van der Waals surface area (Å²) >= 11 is 0. The number of carbonyl (C=O) groups is 1. The van der Waals surface area contributed by atoms with Crippen LogP contribution in [0.4, 0.5) is 0 Å². The molecule has 0 aromatic heterocycles. The largest absolute Gasteiger partial charge is 0.756 e. The van der Waals surface area contributed by atoms with Crippen molar-refractivity contribution in [2.24, 2.45) is 0 Å². The van der Waals surface area contributed by atoms with Gasteiger partial charge in [0.15, 0.2) is 0 Å². The van der Waals surface area contributed by atoms with Gasteiger partial charge in [0.25, 0.3) is 7.82 Å². The quantitative estimate of drug-likeness (QED) is 0.0413. The number of phosphoric ester groups is 1. The minimum atomic E-state index is -4.58. The second kappa shape index (κ2) is 26.8. The molecule has 0 radical (unpaired) electrons. The fraction of sp³-hybridized carbons (Fsp3) is 0.735. The van der Waals surface area contributed by atoms with E-state index in [-0.39, 0.29) is 12.5 Å². The van der Waals surface area contributed by atoms with Gasteiger partial charge in [0, 0.05) is 6.42 Å². The van der Waals surface area contributed by atoms with Crippen LogP contribution >= 0.6 is 7.82 Å². The van der Waals surface area contributed by atoms with Crippen LogP contribution in [0.2, 0.25) is 0 Å². The van der Waals surface area contributed by atoms with Gasteiger partial charge in [0.2, 0.25) is 5.91 Å². The maximum atomic E-state index is 12.7. The first-order valence-electron chi connectivity index (χ1n) is 16.5. The van der Waals surface area contributed by atoms with Gasteiger partial charge in [-0.05, 0) is 51.4 Å². The van der Waals surface area contributed by atoms with Crippen LogP contribution in [-0.4, -0.2) is 68.5 Å². The smallest absolute Gasteiger partial charge is 0.268 e. The first-order valence-corrected chi connectivity index (χ1v) is 18.0. The lowest BCUT2D eigenvalue weighted by Gasteiger charge is -2.29. The summed E-state index contributed by atoms with van der Waals surface area (Å²) in [5.74, 6) is -0.235. The molecule has 0 saturated carbocycles. The summed E-state index contributed by atoms with van der Waals surface area (Å²) in [6.45, 7) is 4.41. The fourth-order valence-electron chi connectivity index (χ4n) is 4.10. The Labute approximate surface area is 263 Å². The Morgan fingerprint density at radius 2 is 1.42 bits per heavy atom. The molecule has 0 aromatic rings. The lowest BCUT2D eigenvalue weighted by molar-refractivity contribution is -0.870. The molecule has 0 aliphatic heterocycles. The van der Waals surface area contributed by atoms with E-state index in [0.29, 0.717) is 17.4 Å². The second-order valence-corrected chi connectivity index (χ2v) is 13.5. The standard InChI is InChI=1S/C34H63N2O6P/c1-6-8-10-12-14-16-17-18-19-20-22-24-26-28-34(38)35-32(31-42-43(39,40)41-30-29-36(3,4)5)33(37)27-25-23-21-15-13-11-9-7-2/h8,10,14,16,18-19,25,27,32-33,37H,6-7,9,11-13,15,17,20-24,26,28-31H2,1-5H3,(H-,35,38,39,40)/b10-8-,16-14-,19-18-,27-25+. The van der Waals surface area contributed by atoms with E-state index < -0.39 is 26.6 Å². The van der Waals surface area contributed by atoms with Gasteiger partial charge in [-0.15, -0.1) is 0 Å². The van der Waals surface area contributed by atoms with Crippen LogP contribution in [-0.2, 0) is 18.4 Å². The molecule has 0 bridgehead atoms. The molecular formula is C34H63N2O6P. The third kappa shape index (κ3) is 29.0. The Bertz CT molecular complexity index is 850. The molecule has 43 heavy (non-hydrogen) atoms. The zero-order valence-electron chi connectivity index (χ0n) is 27.9. The highest BCUT2D eigenvalue weighted by atomic mass is 31.2. The van der Waals surface area contributed by atoms with Crippen molar-refractivity contribution in [1.29, 1.82) is 0 Å². The van der Waals surface area contributed by atoms with Crippen molar-refractivity contribution in [2.45, 2.75) is 122 Å². The molecule has 0 aliphatic carbocycles. The van der Waals surface area contributed by atoms with Gasteiger partial charge >= 0.3 is 0 Å². The van der Waals surface area contributed by atoms with Crippen LogP contribution in [0, 0.1) is 0 Å². The summed E-state index contributed by atoms with van der Waals surface area (Å²) in [4.78, 5) is 25.0. The Morgan fingerprint density at radius 3 is 2.07 bits per heavy atom. The Balaban J connectivity index is 4.66. The summed E-state index contributed by atoms with van der Waals surface area (Å²) < 4.78 is 22.9. The van der Waals surface area contributed by atoms with Crippen LogP contribution in [0.1, 0.15) is 110 Å². The summed E-state index contributed by atoms with van der Waals surface area (Å²) in [7, 11) is 1.22. The fourth-order valence-corrected chi connectivity index (χ4v) is 4.83. The van der Waals surface area contributed by atoms with Gasteiger partial charge in [-0.25, -0.2) is 0 Å². The maximum Gasteiger partial charge on any atom is 0.268 e. The van der Waals surface area contributed by atoms with E-state index in [2.05, 4.69) is 55.6 Å². The number of nitrogens with one attached hydrogen (secondary N) is 1. The van der Waals surface area contributed by atoms with Crippen molar-refractivity contribution in [1.82, 2.24) is 5.32 Å². The van der Waals surface area contributed by atoms with Crippen molar-refractivity contribution >= 4 is 13.7 Å². The van der Waals surface area contributed by atoms with E-state index in [4.69, 9.17) is 9.05 Å². The molecule has 8 nitrogen and oxygen atoms in total. The van der Waals surface area contributed by atoms with E-state index in [0.717, 1.165) is 64.2 Å². The molecule has 0 aromatic carbocycles. The number of amides is 1. The number of rotatable bonds is 28. The molecule has 2 N–H and O–H groups in total. The van der Waals surface area contributed by atoms with E-state index in [1.54, 1.807) is 6.08 Å². The number of unbranched alkanes of at least 4 members (excludes halogenated alkanes) is 9. The molecule has 0 heterocycles. The molecule has 0 saturated heterocycles. The third-order valence-electron chi connectivity index (χ3n) is 6.79. The highest BCUT2D eigenvalue weighted by molar-refractivity contribution is 7.45. The average molecular weight is 627 g/mol. The van der Waals surface area contributed by atoms with Gasteiger partial charge in [-0.1, -0.05) is 101 Å². The molecule has 250 valence electrons. The van der Waals surface area contributed by atoms with Gasteiger partial charge in [0.1, 0.15) is 13.2 Å². The van der Waals surface area contributed by atoms with Crippen LogP contribution in [0.25, 0.3) is 0 Å². The number of carbonyl (C=O) groups excluding carboxylic acids is 1. The zero-order chi connectivity index (χ0) is 32.2. The number of hydrogen-bond acceptors (Lipinski definition) is 6. The predicted octanol–water partition coefficient (Wildman–Crippen LogP) is 7.16. The summed E-state index contributed by atoms with van der Waals surface area (Å²) in [5.41, 5.74) is 0. The molecule has 0 aliphatic rings. The van der Waals surface area contributed by atoms with Crippen LogP contribution in [0.3, 0.4) is 0 Å². The molecule has 0 rings (SSSR count). The number of phosphoric acid groups is 1. The Hall–Kier alpha value is -1.54. The minimum absolute atomic E-state index is 0.00938. The topological polar surface area (TPSA) is 108 Å². The number of nitrogens with zero attached hydrogens (tertiary/aromatic N) is 1. The maximum absolute atomic E-state index is 12.7. The first kappa shape index (κ1) is 41.5. The predicted molar refractivity (Wildman–Crippen MR) is 178 cm³/mol. The zero-order valence-corrected chi connectivity index (χ0v) is 28.8. The van der Waals surface area contributed by atoms with Gasteiger partial charge in [-0.3, -0.25) is 9.36 Å². The third-order valence-corrected chi connectivity index (χ3v) is 7.76. The molecule has 3 atom stereocenters. The number of quaternary nitrogens is 1.